The van der Waals surface area contributed by atoms with Crippen LogP contribution in [0.15, 0.2) is 43.0 Å². The second-order valence-electron chi connectivity index (χ2n) is 6.36. The number of nitrogens with one attached hydrogen (secondary N) is 1. The monoisotopic (exact) mass is 375 g/mol. The Hall–Kier alpha value is -2.12. The largest absolute Gasteiger partial charge is 0.383 e. The highest BCUT2D eigenvalue weighted by Crippen LogP contribution is 2.14. The average molecular weight is 376 g/mol. The summed E-state index contributed by atoms with van der Waals surface area (Å²) in [4.78, 5) is 8.40. The van der Waals surface area contributed by atoms with E-state index in [0.29, 0.717) is 13.2 Å². The SMILES string of the molecule is COCCNC(=S)N(CCCn1ccnc1)Cc1ccc(N(C)C)cc1. The molecule has 6 nitrogen and oxygen atoms in total. The number of hydrogen-bond donors (Lipinski definition) is 1. The molecule has 1 heterocycles. The number of thiocarbonyl (C=S) groups is 1. The van der Waals surface area contributed by atoms with Crippen LogP contribution in [0.4, 0.5) is 5.69 Å². The van der Waals surface area contributed by atoms with E-state index in [1.807, 2.05) is 26.6 Å². The smallest absolute Gasteiger partial charge is 0.169 e. The van der Waals surface area contributed by atoms with E-state index in [0.717, 1.165) is 31.2 Å². The predicted octanol–water partition coefficient (Wildman–Crippen LogP) is 2.36. The van der Waals surface area contributed by atoms with Crippen molar-refractivity contribution in [1.29, 1.82) is 0 Å². The Labute approximate surface area is 161 Å². The highest BCUT2D eigenvalue weighted by molar-refractivity contribution is 7.80. The molecule has 142 valence electrons. The van der Waals surface area contributed by atoms with Gasteiger partial charge in [-0.2, -0.15) is 0 Å². The lowest BCUT2D eigenvalue weighted by atomic mass is 10.2. The second-order valence-corrected chi connectivity index (χ2v) is 6.75. The molecule has 0 radical (unpaired) electrons. The molecule has 0 bridgehead atoms. The van der Waals surface area contributed by atoms with E-state index < -0.39 is 0 Å². The van der Waals surface area contributed by atoms with Crippen LogP contribution in [-0.2, 0) is 17.8 Å². The first kappa shape index (κ1) is 20.2. The number of hydrogen-bond acceptors (Lipinski definition) is 4. The molecule has 0 saturated heterocycles. The van der Waals surface area contributed by atoms with Crippen LogP contribution in [0.1, 0.15) is 12.0 Å². The number of anilines is 1. The predicted molar refractivity (Wildman–Crippen MR) is 110 cm³/mol. The molecule has 1 aromatic carbocycles. The van der Waals surface area contributed by atoms with Crippen LogP contribution < -0.4 is 10.2 Å². The van der Waals surface area contributed by atoms with Crippen molar-refractivity contribution in [2.75, 3.05) is 45.8 Å². The van der Waals surface area contributed by atoms with Crippen molar-refractivity contribution in [3.8, 4) is 0 Å². The molecule has 0 aliphatic rings. The van der Waals surface area contributed by atoms with Crippen molar-refractivity contribution in [2.45, 2.75) is 19.5 Å². The Morgan fingerprint density at radius 1 is 1.27 bits per heavy atom. The molecule has 0 aliphatic carbocycles. The zero-order chi connectivity index (χ0) is 18.8. The van der Waals surface area contributed by atoms with Gasteiger partial charge in [0.05, 0.1) is 12.9 Å². The maximum Gasteiger partial charge on any atom is 0.169 e. The first-order chi connectivity index (χ1) is 12.6. The van der Waals surface area contributed by atoms with Crippen molar-refractivity contribution >= 4 is 23.0 Å². The molecule has 0 spiro atoms. The van der Waals surface area contributed by atoms with Crippen LogP contribution >= 0.6 is 12.2 Å². The van der Waals surface area contributed by atoms with Crippen molar-refractivity contribution < 1.29 is 4.74 Å². The Bertz CT molecular complexity index is 642. The zero-order valence-electron chi connectivity index (χ0n) is 15.9. The van der Waals surface area contributed by atoms with Crippen LogP contribution in [-0.4, -0.2) is 60.5 Å². The molecule has 0 amide bonds. The minimum atomic E-state index is 0.639. The molecule has 0 saturated carbocycles. The number of nitrogens with zero attached hydrogens (tertiary/aromatic N) is 4. The third kappa shape index (κ3) is 6.65. The van der Waals surface area contributed by atoms with E-state index in [1.165, 1.54) is 11.3 Å². The van der Waals surface area contributed by atoms with Crippen molar-refractivity contribution in [3.05, 3.63) is 48.5 Å². The minimum Gasteiger partial charge on any atom is -0.383 e. The molecule has 2 aromatic rings. The maximum absolute atomic E-state index is 5.60. The molecule has 0 aliphatic heterocycles. The summed E-state index contributed by atoms with van der Waals surface area (Å²) >= 11 is 5.60. The second kappa shape index (κ2) is 10.8. The van der Waals surface area contributed by atoms with Gasteiger partial charge in [-0.1, -0.05) is 12.1 Å². The molecule has 1 aromatic heterocycles. The van der Waals surface area contributed by atoms with E-state index in [4.69, 9.17) is 17.0 Å². The molecular weight excluding hydrogens is 346 g/mol. The summed E-state index contributed by atoms with van der Waals surface area (Å²) in [6.07, 6.45) is 6.64. The Kier molecular flexibility index (Phi) is 8.37. The molecule has 2 rings (SSSR count). The fourth-order valence-electron chi connectivity index (χ4n) is 2.61. The summed E-state index contributed by atoms with van der Waals surface area (Å²) in [5.74, 6) is 0. The van der Waals surface area contributed by atoms with Crippen molar-refractivity contribution in [3.63, 3.8) is 0 Å². The van der Waals surface area contributed by atoms with E-state index in [2.05, 4.69) is 48.9 Å². The van der Waals surface area contributed by atoms with Gasteiger partial charge in [-0.25, -0.2) is 4.98 Å². The number of benzene rings is 1. The van der Waals surface area contributed by atoms with Gasteiger partial charge in [0.15, 0.2) is 5.11 Å². The fourth-order valence-corrected chi connectivity index (χ4v) is 2.87. The molecule has 0 atom stereocenters. The Morgan fingerprint density at radius 2 is 2.04 bits per heavy atom. The van der Waals surface area contributed by atoms with Crippen LogP contribution in [0, 0.1) is 0 Å². The van der Waals surface area contributed by atoms with E-state index in [1.54, 1.807) is 13.3 Å². The molecular formula is C19H29N5OS. The highest BCUT2D eigenvalue weighted by atomic mass is 32.1. The molecule has 0 unspecified atom stereocenters. The van der Waals surface area contributed by atoms with E-state index >= 15 is 0 Å². The number of imidazole rings is 1. The Morgan fingerprint density at radius 3 is 2.65 bits per heavy atom. The van der Waals surface area contributed by atoms with Crippen molar-refractivity contribution in [2.24, 2.45) is 0 Å². The number of methoxy groups -OCH3 is 1. The van der Waals surface area contributed by atoms with Gasteiger partial charge in [0.2, 0.25) is 0 Å². The number of aryl methyl sites for hydroxylation is 1. The van der Waals surface area contributed by atoms with Gasteiger partial charge < -0.3 is 24.4 Å². The zero-order valence-corrected chi connectivity index (χ0v) is 16.7. The highest BCUT2D eigenvalue weighted by Gasteiger charge is 2.10. The van der Waals surface area contributed by atoms with E-state index in [9.17, 15) is 0 Å². The van der Waals surface area contributed by atoms with Gasteiger partial charge in [-0.05, 0) is 36.3 Å². The minimum absolute atomic E-state index is 0.639. The first-order valence-electron chi connectivity index (χ1n) is 8.84. The standard InChI is InChI=1S/C19H29N5OS/c1-22(2)18-7-5-17(6-8-18)15-24(19(26)21-10-14-25-3)12-4-11-23-13-9-20-16-23/h5-9,13,16H,4,10-12,14-15H2,1-3H3,(H,21,26). The van der Waals surface area contributed by atoms with Crippen molar-refractivity contribution in [1.82, 2.24) is 19.8 Å². The molecule has 26 heavy (non-hydrogen) atoms. The van der Waals surface area contributed by atoms with Crippen LogP contribution in [0.2, 0.25) is 0 Å². The van der Waals surface area contributed by atoms with Crippen LogP contribution in [0.5, 0.6) is 0 Å². The van der Waals surface area contributed by atoms with Gasteiger partial charge in [-0.15, -0.1) is 0 Å². The van der Waals surface area contributed by atoms with Crippen LogP contribution in [0.25, 0.3) is 0 Å². The van der Waals surface area contributed by atoms with Gasteiger partial charge >= 0.3 is 0 Å². The normalized spacial score (nSPS) is 10.6. The summed E-state index contributed by atoms with van der Waals surface area (Å²) in [5.41, 5.74) is 2.44. The lowest BCUT2D eigenvalue weighted by Crippen LogP contribution is -2.41. The summed E-state index contributed by atoms with van der Waals surface area (Å²) < 4.78 is 7.19. The van der Waals surface area contributed by atoms with Gasteiger partial charge in [0, 0.05) is 65.5 Å². The number of rotatable bonds is 10. The fraction of sp³-hybridized carbons (Fsp3) is 0.474. The summed E-state index contributed by atoms with van der Waals surface area (Å²) in [6.45, 7) is 3.95. The number of ether oxygens (including phenoxy) is 1. The topological polar surface area (TPSA) is 45.6 Å². The lowest BCUT2D eigenvalue weighted by molar-refractivity contribution is 0.202. The first-order valence-corrected chi connectivity index (χ1v) is 9.24. The van der Waals surface area contributed by atoms with Gasteiger partial charge in [0.25, 0.3) is 0 Å². The summed E-state index contributed by atoms with van der Waals surface area (Å²) in [6, 6.07) is 8.60. The lowest BCUT2D eigenvalue weighted by Gasteiger charge is -2.26. The molecule has 1 N–H and O–H groups in total. The third-order valence-corrected chi connectivity index (χ3v) is 4.50. The molecule has 7 heteroatoms. The molecule has 0 fully saturated rings. The summed E-state index contributed by atoms with van der Waals surface area (Å²) in [5, 5.41) is 4.05. The quantitative estimate of drug-likeness (QED) is 0.508. The number of aromatic nitrogens is 2. The van der Waals surface area contributed by atoms with Gasteiger partial charge in [-0.3, -0.25) is 0 Å². The third-order valence-electron chi connectivity index (χ3n) is 4.10. The maximum atomic E-state index is 5.60. The van der Waals surface area contributed by atoms with E-state index in [-0.39, 0.29) is 0 Å². The average Bonchev–Trinajstić information content (AvgIpc) is 3.15. The summed E-state index contributed by atoms with van der Waals surface area (Å²) in [7, 11) is 5.79. The van der Waals surface area contributed by atoms with Gasteiger partial charge in [0.1, 0.15) is 0 Å². The Balaban J connectivity index is 1.95. The van der Waals surface area contributed by atoms with Crippen LogP contribution in [0.3, 0.4) is 0 Å².